The van der Waals surface area contributed by atoms with Gasteiger partial charge in [-0.05, 0) is 17.7 Å². The highest BCUT2D eigenvalue weighted by molar-refractivity contribution is 6.00. The lowest BCUT2D eigenvalue weighted by atomic mass is 10.2. The number of benzene rings is 3. The zero-order valence-electron chi connectivity index (χ0n) is 15.9. The number of fused-ring (bicyclic) bond motifs is 1. The minimum atomic E-state index is -0.540. The first-order chi connectivity index (χ1) is 14.6. The van der Waals surface area contributed by atoms with Crippen LogP contribution in [0.25, 0.3) is 10.9 Å². The van der Waals surface area contributed by atoms with Crippen LogP contribution in [0.1, 0.15) is 21.5 Å². The smallest absolute Gasteiger partial charge is 0.271 e. The van der Waals surface area contributed by atoms with Crippen LogP contribution in [0, 0.1) is 10.1 Å². The topological polar surface area (TPSA) is 89.5 Å². The molecule has 0 atom stereocenters. The van der Waals surface area contributed by atoms with Crippen molar-refractivity contribution in [3.05, 3.63) is 112 Å². The van der Waals surface area contributed by atoms with Crippen LogP contribution >= 0.6 is 0 Å². The average molecular weight is 398 g/mol. The summed E-state index contributed by atoms with van der Waals surface area (Å²) in [6.07, 6.45) is 3.57. The van der Waals surface area contributed by atoms with E-state index >= 15 is 0 Å². The summed E-state index contributed by atoms with van der Waals surface area (Å²) in [5.74, 6) is -0.511. The third-order valence-electron chi connectivity index (χ3n) is 4.70. The normalized spacial score (nSPS) is 11.1. The van der Waals surface area contributed by atoms with Gasteiger partial charge >= 0.3 is 0 Å². The zero-order chi connectivity index (χ0) is 20.9. The van der Waals surface area contributed by atoms with E-state index in [-0.39, 0.29) is 11.3 Å². The summed E-state index contributed by atoms with van der Waals surface area (Å²) in [4.78, 5) is 22.6. The Labute approximate surface area is 172 Å². The number of hydrazone groups is 1. The van der Waals surface area contributed by atoms with Gasteiger partial charge in [0.05, 0.1) is 11.1 Å². The second-order valence-corrected chi connectivity index (χ2v) is 6.72. The summed E-state index contributed by atoms with van der Waals surface area (Å²) in [6, 6.07) is 23.6. The molecule has 7 nitrogen and oxygen atoms in total. The fourth-order valence-corrected chi connectivity index (χ4v) is 3.27. The van der Waals surface area contributed by atoms with Crippen molar-refractivity contribution < 1.29 is 9.72 Å². The fourth-order valence-electron chi connectivity index (χ4n) is 3.27. The highest BCUT2D eigenvalue weighted by Gasteiger charge is 2.11. The van der Waals surface area contributed by atoms with E-state index in [1.54, 1.807) is 6.21 Å². The number of hydrogen-bond acceptors (Lipinski definition) is 4. The molecule has 1 aromatic heterocycles. The molecule has 0 aliphatic heterocycles. The number of carbonyl (C=O) groups excluding carboxylic acids is 1. The summed E-state index contributed by atoms with van der Waals surface area (Å²) in [6.45, 7) is 0.717. The first-order valence-electron chi connectivity index (χ1n) is 9.31. The molecule has 3 aromatic carbocycles. The van der Waals surface area contributed by atoms with Gasteiger partial charge in [-0.15, -0.1) is 0 Å². The summed E-state index contributed by atoms with van der Waals surface area (Å²) in [5.41, 5.74) is 5.57. The minimum absolute atomic E-state index is 0.143. The highest BCUT2D eigenvalue weighted by Crippen LogP contribution is 2.21. The minimum Gasteiger partial charge on any atom is -0.342 e. The molecule has 4 rings (SSSR count). The van der Waals surface area contributed by atoms with E-state index in [0.29, 0.717) is 0 Å². The number of para-hydroxylation sites is 1. The van der Waals surface area contributed by atoms with Gasteiger partial charge in [0.15, 0.2) is 0 Å². The number of carbonyl (C=O) groups is 1. The van der Waals surface area contributed by atoms with Gasteiger partial charge in [0.1, 0.15) is 0 Å². The van der Waals surface area contributed by atoms with Crippen molar-refractivity contribution in [1.29, 1.82) is 0 Å². The van der Waals surface area contributed by atoms with E-state index in [1.165, 1.54) is 29.8 Å². The molecular weight excluding hydrogens is 380 g/mol. The van der Waals surface area contributed by atoms with Crippen molar-refractivity contribution in [2.75, 3.05) is 0 Å². The maximum absolute atomic E-state index is 12.3. The van der Waals surface area contributed by atoms with Crippen molar-refractivity contribution >= 4 is 28.7 Å². The second kappa shape index (κ2) is 8.40. The van der Waals surface area contributed by atoms with Gasteiger partial charge in [-0.3, -0.25) is 14.9 Å². The third kappa shape index (κ3) is 4.10. The fraction of sp³-hybridized carbons (Fsp3) is 0.0435. The quantitative estimate of drug-likeness (QED) is 0.297. The molecule has 1 amide bonds. The molecule has 1 heterocycles. The van der Waals surface area contributed by atoms with Gasteiger partial charge in [0.2, 0.25) is 0 Å². The molecule has 30 heavy (non-hydrogen) atoms. The number of nitrogens with zero attached hydrogens (tertiary/aromatic N) is 3. The van der Waals surface area contributed by atoms with Gasteiger partial charge in [0.25, 0.3) is 11.6 Å². The molecule has 0 bridgehead atoms. The number of nitrogens with one attached hydrogen (secondary N) is 1. The van der Waals surface area contributed by atoms with E-state index in [1.807, 2.05) is 48.7 Å². The Morgan fingerprint density at radius 2 is 1.80 bits per heavy atom. The Bertz CT molecular complexity index is 1250. The van der Waals surface area contributed by atoms with E-state index in [9.17, 15) is 14.9 Å². The molecule has 7 heteroatoms. The van der Waals surface area contributed by atoms with Crippen LogP contribution in [0.15, 0.2) is 90.2 Å². The molecule has 4 aromatic rings. The Morgan fingerprint density at radius 1 is 1.03 bits per heavy atom. The largest absolute Gasteiger partial charge is 0.342 e. The van der Waals surface area contributed by atoms with Crippen LogP contribution in [-0.4, -0.2) is 21.6 Å². The Balaban J connectivity index is 1.55. The van der Waals surface area contributed by atoms with Crippen molar-refractivity contribution in [3.8, 4) is 0 Å². The van der Waals surface area contributed by atoms with E-state index < -0.39 is 10.8 Å². The van der Waals surface area contributed by atoms with Crippen LogP contribution in [0.2, 0.25) is 0 Å². The number of aromatic nitrogens is 1. The highest BCUT2D eigenvalue weighted by atomic mass is 16.6. The van der Waals surface area contributed by atoms with Crippen LogP contribution in [0.5, 0.6) is 0 Å². The van der Waals surface area contributed by atoms with Crippen LogP contribution < -0.4 is 5.43 Å². The van der Waals surface area contributed by atoms with Crippen molar-refractivity contribution in [2.24, 2.45) is 5.10 Å². The van der Waals surface area contributed by atoms with E-state index in [2.05, 4.69) is 27.2 Å². The molecule has 148 valence electrons. The lowest BCUT2D eigenvalue weighted by Crippen LogP contribution is -2.17. The van der Waals surface area contributed by atoms with E-state index in [0.717, 1.165) is 23.0 Å². The Hall–Kier alpha value is -4.26. The summed E-state index contributed by atoms with van der Waals surface area (Å²) in [7, 11) is 0. The molecule has 0 aliphatic carbocycles. The van der Waals surface area contributed by atoms with Crippen molar-refractivity contribution in [3.63, 3.8) is 0 Å². The van der Waals surface area contributed by atoms with Crippen LogP contribution in [0.4, 0.5) is 5.69 Å². The standard InChI is InChI=1S/C23H18N4O3/c28-23(18-9-6-10-20(13-18)27(29)30)25-24-14-19-16-26(15-17-7-2-1-3-8-17)22-12-5-4-11-21(19)22/h1-14,16H,15H2,(H,25,28)/b24-14-. The van der Waals surface area contributed by atoms with E-state index in [4.69, 9.17) is 0 Å². The number of hydrogen-bond donors (Lipinski definition) is 1. The van der Waals surface area contributed by atoms with Crippen LogP contribution in [0.3, 0.4) is 0 Å². The van der Waals surface area contributed by atoms with Crippen molar-refractivity contribution in [2.45, 2.75) is 6.54 Å². The molecule has 0 radical (unpaired) electrons. The Kier molecular flexibility index (Phi) is 5.34. The summed E-state index contributed by atoms with van der Waals surface area (Å²) < 4.78 is 2.13. The van der Waals surface area contributed by atoms with Gasteiger partial charge < -0.3 is 4.57 Å². The first kappa shape index (κ1) is 19.1. The SMILES string of the molecule is O=C(N/N=C\c1cn(Cc2ccccc2)c2ccccc12)c1cccc([N+](=O)[O-])c1. The summed E-state index contributed by atoms with van der Waals surface area (Å²) in [5, 5.41) is 15.9. The number of nitro groups is 1. The molecule has 0 saturated heterocycles. The van der Waals surface area contributed by atoms with Crippen molar-refractivity contribution in [1.82, 2.24) is 9.99 Å². The Morgan fingerprint density at radius 3 is 2.60 bits per heavy atom. The number of amides is 1. The maximum Gasteiger partial charge on any atom is 0.271 e. The van der Waals surface area contributed by atoms with Crippen LogP contribution in [-0.2, 0) is 6.54 Å². The average Bonchev–Trinajstić information content (AvgIpc) is 3.12. The van der Waals surface area contributed by atoms with Gasteiger partial charge in [-0.2, -0.15) is 5.10 Å². The lowest BCUT2D eigenvalue weighted by Gasteiger charge is -2.05. The lowest BCUT2D eigenvalue weighted by molar-refractivity contribution is -0.384. The second-order valence-electron chi connectivity index (χ2n) is 6.72. The molecule has 0 fully saturated rings. The van der Waals surface area contributed by atoms with Gasteiger partial charge in [-0.25, -0.2) is 5.43 Å². The maximum atomic E-state index is 12.3. The predicted molar refractivity (Wildman–Crippen MR) is 116 cm³/mol. The molecule has 1 N–H and O–H groups in total. The number of non-ortho nitro benzene ring substituents is 1. The third-order valence-corrected chi connectivity index (χ3v) is 4.70. The monoisotopic (exact) mass is 398 g/mol. The zero-order valence-corrected chi connectivity index (χ0v) is 15.9. The molecular formula is C23H18N4O3. The molecule has 0 saturated carbocycles. The number of rotatable bonds is 6. The number of nitro benzene ring substituents is 1. The van der Waals surface area contributed by atoms with Gasteiger partial charge in [-0.1, -0.05) is 54.6 Å². The van der Waals surface area contributed by atoms with Gasteiger partial charge in [0, 0.05) is 46.9 Å². The molecule has 0 aliphatic rings. The first-order valence-corrected chi connectivity index (χ1v) is 9.31. The molecule has 0 unspecified atom stereocenters. The molecule has 0 spiro atoms. The summed E-state index contributed by atoms with van der Waals surface area (Å²) >= 11 is 0. The predicted octanol–water partition coefficient (Wildman–Crippen LogP) is 4.36.